The van der Waals surface area contributed by atoms with Gasteiger partial charge in [0.25, 0.3) is 0 Å². The van der Waals surface area contributed by atoms with Gasteiger partial charge >= 0.3 is 0 Å². The van der Waals surface area contributed by atoms with Crippen molar-refractivity contribution in [3.8, 4) is 0 Å². The SMILES string of the molecule is CC1(CNC2CCCOC2)CCCCCC1. The van der Waals surface area contributed by atoms with Crippen molar-refractivity contribution >= 4 is 0 Å². The highest BCUT2D eigenvalue weighted by Crippen LogP contribution is 2.34. The highest BCUT2D eigenvalue weighted by atomic mass is 16.5. The molecule has 1 N–H and O–H groups in total. The average molecular weight is 225 g/mol. The van der Waals surface area contributed by atoms with E-state index in [0.717, 1.165) is 13.2 Å². The zero-order valence-electron chi connectivity index (χ0n) is 10.8. The zero-order valence-corrected chi connectivity index (χ0v) is 10.8. The molecule has 2 heteroatoms. The molecule has 1 saturated heterocycles. The molecule has 0 aromatic carbocycles. The molecule has 2 rings (SSSR count). The lowest BCUT2D eigenvalue weighted by Gasteiger charge is -2.32. The summed E-state index contributed by atoms with van der Waals surface area (Å²) in [5.41, 5.74) is 0.550. The summed E-state index contributed by atoms with van der Waals surface area (Å²) in [6, 6.07) is 0.619. The molecule has 1 unspecified atom stereocenters. The number of hydrogen-bond acceptors (Lipinski definition) is 2. The molecule has 94 valence electrons. The van der Waals surface area contributed by atoms with Crippen molar-refractivity contribution in [3.63, 3.8) is 0 Å². The predicted octanol–water partition coefficient (Wildman–Crippen LogP) is 3.12. The molecule has 0 aromatic rings. The van der Waals surface area contributed by atoms with Gasteiger partial charge in [0.2, 0.25) is 0 Å². The van der Waals surface area contributed by atoms with E-state index in [1.54, 1.807) is 0 Å². The van der Waals surface area contributed by atoms with Gasteiger partial charge < -0.3 is 10.1 Å². The molecule has 0 radical (unpaired) electrons. The Balaban J connectivity index is 1.73. The summed E-state index contributed by atoms with van der Waals surface area (Å²) in [4.78, 5) is 0. The third kappa shape index (κ3) is 3.74. The van der Waals surface area contributed by atoms with Crippen LogP contribution in [0.15, 0.2) is 0 Å². The summed E-state index contributed by atoms with van der Waals surface area (Å²) in [5, 5.41) is 3.73. The van der Waals surface area contributed by atoms with Crippen molar-refractivity contribution in [3.05, 3.63) is 0 Å². The van der Waals surface area contributed by atoms with Crippen LogP contribution in [-0.4, -0.2) is 25.8 Å². The topological polar surface area (TPSA) is 21.3 Å². The van der Waals surface area contributed by atoms with Gasteiger partial charge in [-0.2, -0.15) is 0 Å². The monoisotopic (exact) mass is 225 g/mol. The van der Waals surface area contributed by atoms with Crippen LogP contribution in [0.2, 0.25) is 0 Å². The summed E-state index contributed by atoms with van der Waals surface area (Å²) in [5.74, 6) is 0. The van der Waals surface area contributed by atoms with Crippen LogP contribution in [0.5, 0.6) is 0 Å². The van der Waals surface area contributed by atoms with Crippen LogP contribution in [0.3, 0.4) is 0 Å². The van der Waals surface area contributed by atoms with Crippen LogP contribution in [0.4, 0.5) is 0 Å². The molecule has 0 spiro atoms. The zero-order chi connectivity index (χ0) is 11.3. The third-order valence-corrected chi connectivity index (χ3v) is 4.29. The summed E-state index contributed by atoms with van der Waals surface area (Å²) >= 11 is 0. The molecule has 16 heavy (non-hydrogen) atoms. The first kappa shape index (κ1) is 12.4. The molecular weight excluding hydrogens is 198 g/mol. The van der Waals surface area contributed by atoms with E-state index in [4.69, 9.17) is 4.74 Å². The number of ether oxygens (including phenoxy) is 1. The smallest absolute Gasteiger partial charge is 0.0619 e. The molecule has 2 fully saturated rings. The lowest BCUT2D eigenvalue weighted by molar-refractivity contribution is 0.0653. The normalized spacial score (nSPS) is 30.9. The molecule has 2 nitrogen and oxygen atoms in total. The van der Waals surface area contributed by atoms with E-state index in [9.17, 15) is 0 Å². The number of rotatable bonds is 3. The van der Waals surface area contributed by atoms with Crippen LogP contribution in [0.25, 0.3) is 0 Å². The Bertz CT molecular complexity index is 191. The van der Waals surface area contributed by atoms with Gasteiger partial charge in [0, 0.05) is 19.2 Å². The second-order valence-corrected chi connectivity index (χ2v) is 6.02. The standard InChI is InChI=1S/C14H27NO/c1-14(8-4-2-3-5-9-14)12-15-13-7-6-10-16-11-13/h13,15H,2-12H2,1H3. The minimum Gasteiger partial charge on any atom is -0.380 e. The predicted molar refractivity (Wildman–Crippen MR) is 67.7 cm³/mol. The van der Waals surface area contributed by atoms with Gasteiger partial charge in [-0.25, -0.2) is 0 Å². The lowest BCUT2D eigenvalue weighted by Crippen LogP contribution is -2.42. The van der Waals surface area contributed by atoms with Crippen molar-refractivity contribution in [2.24, 2.45) is 5.41 Å². The van der Waals surface area contributed by atoms with Crippen LogP contribution in [0, 0.1) is 5.41 Å². The molecule has 2 aliphatic rings. The second kappa shape index (κ2) is 6.02. The Morgan fingerprint density at radius 3 is 2.50 bits per heavy atom. The summed E-state index contributed by atoms with van der Waals surface area (Å²) < 4.78 is 5.52. The van der Waals surface area contributed by atoms with E-state index >= 15 is 0 Å². The number of nitrogens with one attached hydrogen (secondary N) is 1. The van der Waals surface area contributed by atoms with Crippen molar-refractivity contribution in [1.82, 2.24) is 5.32 Å². The van der Waals surface area contributed by atoms with Gasteiger partial charge in [0.1, 0.15) is 0 Å². The largest absolute Gasteiger partial charge is 0.380 e. The van der Waals surface area contributed by atoms with Crippen LogP contribution in [0.1, 0.15) is 58.3 Å². The Labute approximate surface area is 100 Å². The van der Waals surface area contributed by atoms with Crippen molar-refractivity contribution in [2.45, 2.75) is 64.3 Å². The Kier molecular flexibility index (Phi) is 4.66. The molecule has 1 atom stereocenters. The average Bonchev–Trinajstić information content (AvgIpc) is 2.54. The van der Waals surface area contributed by atoms with Gasteiger partial charge in [-0.05, 0) is 31.1 Å². The fourth-order valence-corrected chi connectivity index (χ4v) is 3.05. The van der Waals surface area contributed by atoms with Crippen LogP contribution in [-0.2, 0) is 4.74 Å². The van der Waals surface area contributed by atoms with E-state index in [1.807, 2.05) is 0 Å². The van der Waals surface area contributed by atoms with E-state index in [0.29, 0.717) is 11.5 Å². The van der Waals surface area contributed by atoms with Gasteiger partial charge in [0.05, 0.1) is 6.61 Å². The van der Waals surface area contributed by atoms with Gasteiger partial charge in [-0.15, -0.1) is 0 Å². The van der Waals surface area contributed by atoms with Crippen molar-refractivity contribution < 1.29 is 4.74 Å². The van der Waals surface area contributed by atoms with Crippen molar-refractivity contribution in [1.29, 1.82) is 0 Å². The molecular formula is C14H27NO. The second-order valence-electron chi connectivity index (χ2n) is 6.02. The summed E-state index contributed by atoms with van der Waals surface area (Å²) in [7, 11) is 0. The van der Waals surface area contributed by atoms with E-state index in [2.05, 4.69) is 12.2 Å². The molecule has 0 aromatic heterocycles. The maximum Gasteiger partial charge on any atom is 0.0619 e. The first-order chi connectivity index (χ1) is 7.79. The molecule has 1 saturated carbocycles. The Hall–Kier alpha value is -0.0800. The lowest BCUT2D eigenvalue weighted by atomic mass is 9.82. The minimum atomic E-state index is 0.550. The third-order valence-electron chi connectivity index (χ3n) is 4.29. The van der Waals surface area contributed by atoms with Crippen LogP contribution >= 0.6 is 0 Å². The summed E-state index contributed by atoms with van der Waals surface area (Å²) in [6.07, 6.45) is 11.1. The quantitative estimate of drug-likeness (QED) is 0.745. The van der Waals surface area contributed by atoms with Crippen molar-refractivity contribution in [2.75, 3.05) is 19.8 Å². The fraction of sp³-hybridized carbons (Fsp3) is 1.00. The maximum absolute atomic E-state index is 5.52. The van der Waals surface area contributed by atoms with Gasteiger partial charge in [-0.3, -0.25) is 0 Å². The van der Waals surface area contributed by atoms with E-state index in [1.165, 1.54) is 57.9 Å². The fourth-order valence-electron chi connectivity index (χ4n) is 3.05. The van der Waals surface area contributed by atoms with Gasteiger partial charge in [-0.1, -0.05) is 32.6 Å². The minimum absolute atomic E-state index is 0.550. The van der Waals surface area contributed by atoms with Gasteiger partial charge in [0.15, 0.2) is 0 Å². The maximum atomic E-state index is 5.52. The number of hydrogen-bond donors (Lipinski definition) is 1. The van der Waals surface area contributed by atoms with E-state index in [-0.39, 0.29) is 0 Å². The first-order valence-corrected chi connectivity index (χ1v) is 7.10. The highest BCUT2D eigenvalue weighted by molar-refractivity contribution is 4.82. The molecule has 1 aliphatic carbocycles. The Morgan fingerprint density at radius 1 is 1.12 bits per heavy atom. The summed E-state index contributed by atoms with van der Waals surface area (Å²) in [6.45, 7) is 5.56. The Morgan fingerprint density at radius 2 is 1.88 bits per heavy atom. The first-order valence-electron chi connectivity index (χ1n) is 7.10. The molecule has 0 amide bonds. The molecule has 1 aliphatic heterocycles. The molecule has 1 heterocycles. The van der Waals surface area contributed by atoms with Crippen LogP contribution < -0.4 is 5.32 Å². The highest BCUT2D eigenvalue weighted by Gasteiger charge is 2.26. The van der Waals surface area contributed by atoms with E-state index < -0.39 is 0 Å². The molecule has 0 bridgehead atoms.